The Morgan fingerprint density at radius 1 is 1.19 bits per heavy atom. The average Bonchev–Trinajstić information content (AvgIpc) is 2.59. The topological polar surface area (TPSA) is 37.8 Å². The standard InChI is InChI=1S/C13H14N2O/c16-13-9-12(10-5-4-6-10)14-15(13)11-7-2-1-3-8-11/h1-3,7-10,14H,4-6H2. The molecular formula is C13H14N2O. The molecule has 1 aromatic heterocycles. The molecule has 1 fully saturated rings. The van der Waals surface area contributed by atoms with Gasteiger partial charge in [0.1, 0.15) is 0 Å². The number of hydrogen-bond donors (Lipinski definition) is 1. The van der Waals surface area contributed by atoms with Crippen LogP contribution < -0.4 is 5.56 Å². The minimum atomic E-state index is 0.0353. The van der Waals surface area contributed by atoms with Gasteiger partial charge in [0.2, 0.25) is 0 Å². The molecule has 1 aromatic carbocycles. The first-order chi connectivity index (χ1) is 7.84. The number of hydrogen-bond acceptors (Lipinski definition) is 1. The lowest BCUT2D eigenvalue weighted by atomic mass is 9.83. The average molecular weight is 214 g/mol. The molecule has 0 radical (unpaired) electrons. The van der Waals surface area contributed by atoms with E-state index >= 15 is 0 Å². The lowest BCUT2D eigenvalue weighted by Gasteiger charge is -2.23. The minimum Gasteiger partial charge on any atom is -0.295 e. The molecule has 0 atom stereocenters. The lowest BCUT2D eigenvalue weighted by molar-refractivity contribution is 0.409. The summed E-state index contributed by atoms with van der Waals surface area (Å²) in [5.41, 5.74) is 2.02. The van der Waals surface area contributed by atoms with Gasteiger partial charge in [-0.05, 0) is 25.0 Å². The summed E-state index contributed by atoms with van der Waals surface area (Å²) < 4.78 is 1.62. The Morgan fingerprint density at radius 3 is 2.56 bits per heavy atom. The molecule has 0 saturated heterocycles. The molecule has 0 bridgehead atoms. The second-order valence-electron chi connectivity index (χ2n) is 4.35. The van der Waals surface area contributed by atoms with Gasteiger partial charge in [0.15, 0.2) is 0 Å². The largest absolute Gasteiger partial charge is 0.295 e. The van der Waals surface area contributed by atoms with Crippen LogP contribution in [0.2, 0.25) is 0 Å². The lowest BCUT2D eigenvalue weighted by Crippen LogP contribution is -2.13. The quantitative estimate of drug-likeness (QED) is 0.819. The maximum Gasteiger partial charge on any atom is 0.271 e. The Morgan fingerprint density at radius 2 is 1.94 bits per heavy atom. The molecule has 1 heterocycles. The van der Waals surface area contributed by atoms with Crippen LogP contribution in [-0.4, -0.2) is 9.78 Å². The van der Waals surface area contributed by atoms with Gasteiger partial charge in [0.25, 0.3) is 5.56 Å². The van der Waals surface area contributed by atoms with Crippen LogP contribution in [-0.2, 0) is 0 Å². The maximum atomic E-state index is 11.8. The summed E-state index contributed by atoms with van der Waals surface area (Å²) >= 11 is 0. The molecule has 0 spiro atoms. The normalized spacial score (nSPS) is 16.0. The second-order valence-corrected chi connectivity index (χ2v) is 4.35. The van der Waals surface area contributed by atoms with Crippen molar-refractivity contribution < 1.29 is 0 Å². The smallest absolute Gasteiger partial charge is 0.271 e. The monoisotopic (exact) mass is 214 g/mol. The van der Waals surface area contributed by atoms with Gasteiger partial charge in [-0.1, -0.05) is 24.6 Å². The molecule has 3 rings (SSSR count). The SMILES string of the molecule is O=c1cc(C2CCC2)[nH]n1-c1ccccc1. The predicted molar refractivity (Wildman–Crippen MR) is 63.0 cm³/mol. The Balaban J connectivity index is 2.02. The van der Waals surface area contributed by atoms with E-state index in [9.17, 15) is 4.79 Å². The third kappa shape index (κ3) is 1.48. The molecule has 1 saturated carbocycles. The zero-order chi connectivity index (χ0) is 11.0. The van der Waals surface area contributed by atoms with E-state index in [4.69, 9.17) is 0 Å². The first kappa shape index (κ1) is 9.46. The Bertz CT molecular complexity index is 535. The molecule has 2 aromatic rings. The molecule has 16 heavy (non-hydrogen) atoms. The van der Waals surface area contributed by atoms with Crippen LogP contribution in [0, 0.1) is 0 Å². The van der Waals surface area contributed by atoms with E-state index in [0.717, 1.165) is 11.4 Å². The van der Waals surface area contributed by atoms with Gasteiger partial charge in [-0.15, -0.1) is 0 Å². The van der Waals surface area contributed by atoms with Crippen molar-refractivity contribution in [2.24, 2.45) is 0 Å². The van der Waals surface area contributed by atoms with Crippen molar-refractivity contribution in [2.45, 2.75) is 25.2 Å². The highest BCUT2D eigenvalue weighted by atomic mass is 16.1. The van der Waals surface area contributed by atoms with Crippen molar-refractivity contribution >= 4 is 0 Å². The van der Waals surface area contributed by atoms with Crippen LogP contribution in [0.1, 0.15) is 30.9 Å². The second kappa shape index (κ2) is 3.67. The number of benzene rings is 1. The first-order valence-corrected chi connectivity index (χ1v) is 5.72. The van der Waals surface area contributed by atoms with Crippen LogP contribution in [0.25, 0.3) is 5.69 Å². The molecule has 0 unspecified atom stereocenters. The highest BCUT2D eigenvalue weighted by molar-refractivity contribution is 5.31. The van der Waals surface area contributed by atoms with Gasteiger partial charge in [-0.2, -0.15) is 0 Å². The maximum absolute atomic E-state index is 11.8. The number of aromatic amines is 1. The van der Waals surface area contributed by atoms with Gasteiger partial charge in [0.05, 0.1) is 5.69 Å². The summed E-state index contributed by atoms with van der Waals surface area (Å²) in [6.45, 7) is 0. The molecule has 1 aliphatic rings. The van der Waals surface area contributed by atoms with Crippen molar-refractivity contribution in [3.63, 3.8) is 0 Å². The molecule has 0 amide bonds. The Hall–Kier alpha value is -1.77. The van der Waals surface area contributed by atoms with Crippen molar-refractivity contribution in [3.05, 3.63) is 52.4 Å². The molecule has 1 aliphatic carbocycles. The third-order valence-electron chi connectivity index (χ3n) is 3.30. The summed E-state index contributed by atoms with van der Waals surface area (Å²) in [6, 6.07) is 11.4. The van der Waals surface area contributed by atoms with Crippen LogP contribution in [0.15, 0.2) is 41.2 Å². The molecule has 82 valence electrons. The number of para-hydroxylation sites is 1. The fourth-order valence-corrected chi connectivity index (χ4v) is 2.11. The summed E-state index contributed by atoms with van der Waals surface area (Å²) in [6.07, 6.45) is 3.69. The van der Waals surface area contributed by atoms with E-state index in [1.165, 1.54) is 19.3 Å². The molecular weight excluding hydrogens is 200 g/mol. The molecule has 3 nitrogen and oxygen atoms in total. The van der Waals surface area contributed by atoms with Gasteiger partial charge in [0, 0.05) is 17.7 Å². The van der Waals surface area contributed by atoms with Crippen molar-refractivity contribution in [3.8, 4) is 5.69 Å². The number of rotatable bonds is 2. The Labute approximate surface area is 93.7 Å². The fourth-order valence-electron chi connectivity index (χ4n) is 2.11. The first-order valence-electron chi connectivity index (χ1n) is 5.72. The highest BCUT2D eigenvalue weighted by Crippen LogP contribution is 2.34. The summed E-state index contributed by atoms with van der Waals surface area (Å²) in [4.78, 5) is 11.8. The predicted octanol–water partition coefficient (Wildman–Crippen LogP) is 2.43. The van der Waals surface area contributed by atoms with Gasteiger partial charge in [-0.25, -0.2) is 4.68 Å². The fraction of sp³-hybridized carbons (Fsp3) is 0.308. The molecule has 1 N–H and O–H groups in total. The van der Waals surface area contributed by atoms with E-state index in [1.807, 2.05) is 30.3 Å². The number of nitrogens with zero attached hydrogens (tertiary/aromatic N) is 1. The zero-order valence-electron chi connectivity index (χ0n) is 9.02. The molecule has 0 aliphatic heterocycles. The van der Waals surface area contributed by atoms with E-state index in [-0.39, 0.29) is 5.56 Å². The van der Waals surface area contributed by atoms with Crippen LogP contribution in [0.5, 0.6) is 0 Å². The molecule has 3 heteroatoms. The van der Waals surface area contributed by atoms with E-state index in [0.29, 0.717) is 5.92 Å². The number of aromatic nitrogens is 2. The minimum absolute atomic E-state index is 0.0353. The van der Waals surface area contributed by atoms with Gasteiger partial charge in [-0.3, -0.25) is 9.89 Å². The van der Waals surface area contributed by atoms with E-state index in [1.54, 1.807) is 10.7 Å². The van der Waals surface area contributed by atoms with Crippen molar-refractivity contribution in [2.75, 3.05) is 0 Å². The highest BCUT2D eigenvalue weighted by Gasteiger charge is 2.22. The zero-order valence-corrected chi connectivity index (χ0v) is 9.02. The van der Waals surface area contributed by atoms with Crippen LogP contribution >= 0.6 is 0 Å². The van der Waals surface area contributed by atoms with E-state index in [2.05, 4.69) is 5.10 Å². The van der Waals surface area contributed by atoms with Crippen molar-refractivity contribution in [1.29, 1.82) is 0 Å². The third-order valence-corrected chi connectivity index (χ3v) is 3.30. The number of nitrogens with one attached hydrogen (secondary N) is 1. The van der Waals surface area contributed by atoms with Gasteiger partial charge >= 0.3 is 0 Å². The van der Waals surface area contributed by atoms with Crippen LogP contribution in [0.3, 0.4) is 0 Å². The van der Waals surface area contributed by atoms with Crippen molar-refractivity contribution in [1.82, 2.24) is 9.78 Å². The Kier molecular flexibility index (Phi) is 2.17. The number of H-pyrrole nitrogens is 1. The summed E-state index contributed by atoms with van der Waals surface area (Å²) in [5.74, 6) is 0.567. The summed E-state index contributed by atoms with van der Waals surface area (Å²) in [7, 11) is 0. The van der Waals surface area contributed by atoms with Gasteiger partial charge < -0.3 is 0 Å². The summed E-state index contributed by atoms with van der Waals surface area (Å²) in [5, 5.41) is 3.20. The van der Waals surface area contributed by atoms with E-state index < -0.39 is 0 Å². The van der Waals surface area contributed by atoms with Crippen LogP contribution in [0.4, 0.5) is 0 Å².